The van der Waals surface area contributed by atoms with Crippen molar-refractivity contribution >= 4 is 0 Å². The van der Waals surface area contributed by atoms with Gasteiger partial charge in [-0.05, 0) is 13.6 Å². The van der Waals surface area contributed by atoms with Gasteiger partial charge in [0.05, 0.1) is 0 Å². The number of nitrogens with two attached hydrogens (primary N) is 1. The lowest BCUT2D eigenvalue weighted by Crippen LogP contribution is -2.67. The van der Waals surface area contributed by atoms with Crippen LogP contribution in [0.2, 0.25) is 0 Å². The molecule has 0 fully saturated rings. The molecule has 44 valence electrons. The van der Waals surface area contributed by atoms with Crippen LogP contribution in [-0.4, -0.2) is 19.8 Å². The predicted octanol–water partition coefficient (Wildman–Crippen LogP) is -1.88. The van der Waals surface area contributed by atoms with E-state index in [4.69, 9.17) is 5.73 Å². The molecule has 0 spiro atoms. The second-order valence-corrected chi connectivity index (χ2v) is 1.56. The molecular weight excluding hydrogens is 90.1 g/mol. The van der Waals surface area contributed by atoms with Crippen molar-refractivity contribution in [2.45, 2.75) is 12.6 Å². The Morgan fingerprint density at radius 1 is 1.86 bits per heavy atom. The van der Waals surface area contributed by atoms with Crippen molar-refractivity contribution in [1.82, 2.24) is 5.32 Å². The Kier molecular flexibility index (Phi) is 3.98. The van der Waals surface area contributed by atoms with Gasteiger partial charge in [0.1, 0.15) is 6.17 Å². The normalized spacial score (nSPS) is 14.1. The second-order valence-electron chi connectivity index (χ2n) is 1.56. The van der Waals surface area contributed by atoms with Crippen molar-refractivity contribution in [3.05, 3.63) is 0 Å². The predicted molar refractivity (Wildman–Crippen MR) is 29.4 cm³/mol. The molecule has 0 radical (unpaired) electrons. The maximum Gasteiger partial charge on any atom is 0.139 e. The van der Waals surface area contributed by atoms with Gasteiger partial charge in [-0.2, -0.15) is 0 Å². The number of hydrogen-bond acceptors (Lipinski definition) is 2. The molecule has 0 bridgehead atoms. The van der Waals surface area contributed by atoms with Crippen molar-refractivity contribution in [2.75, 3.05) is 13.6 Å². The Balaban J connectivity index is 2.83. The van der Waals surface area contributed by atoms with Gasteiger partial charge >= 0.3 is 0 Å². The highest BCUT2D eigenvalue weighted by atomic mass is 15.0. The average Bonchev–Trinajstić information content (AvgIpc) is 1.68. The zero-order valence-corrected chi connectivity index (χ0v) is 4.78. The molecule has 0 aliphatic heterocycles. The molecule has 0 saturated heterocycles. The highest BCUT2D eigenvalue weighted by Crippen LogP contribution is 1.70. The minimum atomic E-state index is 0.324. The molecule has 0 heterocycles. The zero-order chi connectivity index (χ0) is 5.70. The first-order valence-corrected chi connectivity index (χ1v) is 2.51. The van der Waals surface area contributed by atoms with Gasteiger partial charge in [-0.3, -0.25) is 5.32 Å². The molecule has 0 aliphatic carbocycles. The standard InChI is InChI=1S/C4H13N3/c1-7-4(6)2-3-5/h4,7H,2-3,5-6H2,1H3/p+1. The Morgan fingerprint density at radius 2 is 2.43 bits per heavy atom. The molecule has 0 saturated carbocycles. The van der Waals surface area contributed by atoms with Crippen LogP contribution in [0.1, 0.15) is 6.42 Å². The third kappa shape index (κ3) is 3.72. The molecule has 0 aromatic heterocycles. The molecule has 6 N–H and O–H groups in total. The van der Waals surface area contributed by atoms with Gasteiger partial charge in [0.25, 0.3) is 0 Å². The summed E-state index contributed by atoms with van der Waals surface area (Å²) in [6, 6.07) is 0. The zero-order valence-electron chi connectivity index (χ0n) is 4.78. The summed E-state index contributed by atoms with van der Waals surface area (Å²) in [6.45, 7) is 0.717. The molecule has 0 aromatic carbocycles. The monoisotopic (exact) mass is 104 g/mol. The topological polar surface area (TPSA) is 65.7 Å². The lowest BCUT2D eigenvalue weighted by atomic mass is 10.3. The Morgan fingerprint density at radius 3 is 2.57 bits per heavy atom. The van der Waals surface area contributed by atoms with Gasteiger partial charge in [-0.15, -0.1) is 0 Å². The first-order valence-electron chi connectivity index (χ1n) is 2.51. The number of hydrogen-bond donors (Lipinski definition) is 3. The summed E-state index contributed by atoms with van der Waals surface area (Å²) < 4.78 is 0. The van der Waals surface area contributed by atoms with Crippen LogP contribution in [0.15, 0.2) is 0 Å². The third-order valence-corrected chi connectivity index (χ3v) is 0.923. The molecule has 1 unspecified atom stereocenters. The summed E-state index contributed by atoms with van der Waals surface area (Å²) >= 11 is 0. The van der Waals surface area contributed by atoms with Crippen LogP contribution in [-0.2, 0) is 0 Å². The first-order chi connectivity index (χ1) is 3.31. The van der Waals surface area contributed by atoms with Crippen molar-refractivity contribution in [2.24, 2.45) is 5.73 Å². The summed E-state index contributed by atoms with van der Waals surface area (Å²) in [5.74, 6) is 0. The van der Waals surface area contributed by atoms with Gasteiger partial charge in [0.15, 0.2) is 0 Å². The van der Waals surface area contributed by atoms with Gasteiger partial charge in [-0.1, -0.05) is 0 Å². The van der Waals surface area contributed by atoms with E-state index in [-0.39, 0.29) is 0 Å². The van der Waals surface area contributed by atoms with Gasteiger partial charge in [0.2, 0.25) is 0 Å². The molecule has 0 aliphatic rings. The van der Waals surface area contributed by atoms with Crippen molar-refractivity contribution in [3.8, 4) is 0 Å². The molecule has 3 heteroatoms. The van der Waals surface area contributed by atoms with E-state index in [9.17, 15) is 0 Å². The van der Waals surface area contributed by atoms with Crippen LogP contribution in [0.3, 0.4) is 0 Å². The van der Waals surface area contributed by atoms with Gasteiger partial charge in [0, 0.05) is 6.42 Å². The summed E-state index contributed by atoms with van der Waals surface area (Å²) in [5.41, 5.74) is 8.98. The molecule has 0 aromatic rings. The SMILES string of the molecule is CNC([NH3+])CCN. The summed E-state index contributed by atoms with van der Waals surface area (Å²) in [7, 11) is 1.88. The number of nitrogens with one attached hydrogen (secondary N) is 1. The fourth-order valence-electron chi connectivity index (χ4n) is 0.346. The summed E-state index contributed by atoms with van der Waals surface area (Å²) in [6.07, 6.45) is 1.28. The Labute approximate surface area is 44.1 Å². The van der Waals surface area contributed by atoms with Crippen LogP contribution in [0, 0.1) is 0 Å². The van der Waals surface area contributed by atoms with Crippen LogP contribution in [0.4, 0.5) is 0 Å². The van der Waals surface area contributed by atoms with E-state index in [1.54, 1.807) is 0 Å². The third-order valence-electron chi connectivity index (χ3n) is 0.923. The lowest BCUT2D eigenvalue weighted by Gasteiger charge is -2.01. The van der Waals surface area contributed by atoms with Crippen LogP contribution in [0.5, 0.6) is 0 Å². The fourth-order valence-corrected chi connectivity index (χ4v) is 0.346. The maximum atomic E-state index is 5.22. The number of quaternary nitrogens is 1. The van der Waals surface area contributed by atoms with E-state index >= 15 is 0 Å². The quantitative estimate of drug-likeness (QED) is 0.367. The average molecular weight is 104 g/mol. The smallest absolute Gasteiger partial charge is 0.139 e. The first kappa shape index (κ1) is 6.88. The highest BCUT2D eigenvalue weighted by Gasteiger charge is 1.95. The maximum absolute atomic E-state index is 5.22. The molecule has 7 heavy (non-hydrogen) atoms. The van der Waals surface area contributed by atoms with Gasteiger partial charge < -0.3 is 11.5 Å². The minimum Gasteiger partial charge on any atom is -0.343 e. The molecule has 3 nitrogen and oxygen atoms in total. The van der Waals surface area contributed by atoms with E-state index in [1.165, 1.54) is 0 Å². The Bertz CT molecular complexity index is 37.9. The van der Waals surface area contributed by atoms with E-state index in [0.717, 1.165) is 13.0 Å². The van der Waals surface area contributed by atoms with E-state index < -0.39 is 0 Å². The van der Waals surface area contributed by atoms with Crippen molar-refractivity contribution in [1.29, 1.82) is 0 Å². The van der Waals surface area contributed by atoms with Gasteiger partial charge in [-0.25, -0.2) is 0 Å². The second kappa shape index (κ2) is 4.05. The van der Waals surface area contributed by atoms with Crippen LogP contribution < -0.4 is 16.8 Å². The highest BCUT2D eigenvalue weighted by molar-refractivity contribution is 4.44. The fraction of sp³-hybridized carbons (Fsp3) is 1.00. The van der Waals surface area contributed by atoms with Crippen LogP contribution in [0.25, 0.3) is 0 Å². The summed E-state index contributed by atoms with van der Waals surface area (Å²) in [5, 5.41) is 2.97. The number of rotatable bonds is 3. The largest absolute Gasteiger partial charge is 0.343 e. The van der Waals surface area contributed by atoms with Crippen molar-refractivity contribution in [3.63, 3.8) is 0 Å². The lowest BCUT2D eigenvalue weighted by molar-refractivity contribution is -0.428. The summed E-state index contributed by atoms with van der Waals surface area (Å²) in [4.78, 5) is 0. The molecular formula is C4H14N3+. The minimum absolute atomic E-state index is 0.324. The molecule has 1 atom stereocenters. The van der Waals surface area contributed by atoms with E-state index in [1.807, 2.05) is 7.05 Å². The Hall–Kier alpha value is -0.120. The van der Waals surface area contributed by atoms with Crippen LogP contribution >= 0.6 is 0 Å². The molecule has 0 rings (SSSR count). The van der Waals surface area contributed by atoms with Crippen molar-refractivity contribution < 1.29 is 5.73 Å². The van der Waals surface area contributed by atoms with E-state index in [2.05, 4.69) is 11.1 Å². The van der Waals surface area contributed by atoms with E-state index in [0.29, 0.717) is 6.17 Å². The molecule has 0 amide bonds.